The Labute approximate surface area is 266 Å². The smallest absolute Gasteiger partial charge is 0.245 e. The van der Waals surface area contributed by atoms with Gasteiger partial charge in [-0.2, -0.15) is 4.31 Å². The van der Waals surface area contributed by atoms with Crippen LogP contribution in [0.1, 0.15) is 40.8 Å². The van der Waals surface area contributed by atoms with Gasteiger partial charge >= 0.3 is 0 Å². The van der Waals surface area contributed by atoms with Crippen molar-refractivity contribution in [3.05, 3.63) is 98.7 Å². The second kappa shape index (κ2) is 13.1. The van der Waals surface area contributed by atoms with Gasteiger partial charge in [0.25, 0.3) is 0 Å². The van der Waals surface area contributed by atoms with Crippen LogP contribution in [0.5, 0.6) is 5.75 Å². The van der Waals surface area contributed by atoms with Crippen LogP contribution in [0.3, 0.4) is 0 Å². The highest BCUT2D eigenvalue weighted by atomic mass is 35.5. The minimum Gasteiger partial charge on any atom is -0.487 e. The van der Waals surface area contributed by atoms with Crippen molar-refractivity contribution >= 4 is 55.9 Å². The number of ether oxygens (including phenoxy) is 1. The molecule has 12 heteroatoms. The molecule has 1 saturated heterocycles. The lowest BCUT2D eigenvalue weighted by atomic mass is 10.1. The number of hydrogen-bond donors (Lipinski definition) is 3. The summed E-state index contributed by atoms with van der Waals surface area (Å²) in [6.45, 7) is 4.36. The summed E-state index contributed by atoms with van der Waals surface area (Å²) in [4.78, 5) is 17.6. The second-order valence-corrected chi connectivity index (χ2v) is 13.4. The number of sulfonamides is 1. The third kappa shape index (κ3) is 6.53. The maximum atomic E-state index is 13.9. The summed E-state index contributed by atoms with van der Waals surface area (Å²) in [6.07, 6.45) is 1.48. The minimum atomic E-state index is -4.14. The number of nitrogens with zero attached hydrogens (tertiary/aromatic N) is 2. The lowest BCUT2D eigenvalue weighted by molar-refractivity contribution is -0.124. The molecule has 0 radical (unpaired) electrons. The van der Waals surface area contributed by atoms with E-state index in [0.29, 0.717) is 48.2 Å². The van der Waals surface area contributed by atoms with E-state index in [9.17, 15) is 13.2 Å². The molecule has 2 heterocycles. The monoisotopic (exact) mass is 653 g/mol. The van der Waals surface area contributed by atoms with Crippen LogP contribution < -0.4 is 15.8 Å². The molecular formula is C32H33Cl2N5O4S. The van der Waals surface area contributed by atoms with Gasteiger partial charge < -0.3 is 15.8 Å². The zero-order valence-electron chi connectivity index (χ0n) is 24.4. The predicted molar refractivity (Wildman–Crippen MR) is 173 cm³/mol. The first-order chi connectivity index (χ1) is 21.0. The minimum absolute atomic E-state index is 0.0138. The number of halogens is 2. The Morgan fingerprint density at radius 1 is 1.14 bits per heavy atom. The van der Waals surface area contributed by atoms with Gasteiger partial charge in [0, 0.05) is 40.3 Å². The number of nitrogen functional groups attached to an aromatic ring is 1. The summed E-state index contributed by atoms with van der Waals surface area (Å²) in [6, 6.07) is 16.8. The molecule has 1 atom stereocenters. The Hall–Kier alpha value is -3.70. The SMILES string of the molecule is Cc1cc(C)c2cccc(OCc3c(Cl)ccc(S(=O)(=O)N4CCC[C@H]4C(=O)NCCc4ccc(C(=N)N)cc4)c3Cl)c2n1. The van der Waals surface area contributed by atoms with Crippen molar-refractivity contribution in [2.45, 2.75) is 50.7 Å². The van der Waals surface area contributed by atoms with E-state index in [0.717, 1.165) is 22.2 Å². The highest BCUT2D eigenvalue weighted by molar-refractivity contribution is 7.89. The first-order valence-corrected chi connectivity index (χ1v) is 16.4. The lowest BCUT2D eigenvalue weighted by Gasteiger charge is -2.24. The standard InChI is InChI=1S/C32H33Cl2N5O4S/c1-19-17-20(2)38-30-23(19)5-3-7-27(30)43-18-24-25(33)12-13-28(29(24)34)44(41,42)39-16-4-6-26(39)32(40)37-15-14-21-8-10-22(11-9-21)31(35)36/h3,5,7-13,17,26H,4,6,14-16,18H2,1-2H3,(H3,35,36)(H,37,40)/t26-/m0/s1. The van der Waals surface area contributed by atoms with Gasteiger partial charge in [0.1, 0.15) is 34.6 Å². The summed E-state index contributed by atoms with van der Waals surface area (Å²) in [7, 11) is -4.14. The summed E-state index contributed by atoms with van der Waals surface area (Å²) < 4.78 is 35.1. The number of rotatable bonds is 10. The average Bonchev–Trinajstić information content (AvgIpc) is 3.49. The van der Waals surface area contributed by atoms with Crippen molar-refractivity contribution in [1.82, 2.24) is 14.6 Å². The molecule has 9 nitrogen and oxygen atoms in total. The van der Waals surface area contributed by atoms with E-state index in [-0.39, 0.29) is 39.8 Å². The number of nitrogens with two attached hydrogens (primary N) is 1. The van der Waals surface area contributed by atoms with Crippen LogP contribution in [0, 0.1) is 19.3 Å². The van der Waals surface area contributed by atoms with E-state index >= 15 is 0 Å². The third-order valence-electron chi connectivity index (χ3n) is 7.73. The highest BCUT2D eigenvalue weighted by Crippen LogP contribution is 2.36. The van der Waals surface area contributed by atoms with Gasteiger partial charge in [-0.15, -0.1) is 0 Å². The number of fused-ring (bicyclic) bond motifs is 1. The Balaban J connectivity index is 1.31. The van der Waals surface area contributed by atoms with Crippen LogP contribution in [0.2, 0.25) is 10.0 Å². The second-order valence-electron chi connectivity index (χ2n) is 10.8. The number of carbonyl (C=O) groups excluding carboxylic acids is 1. The Morgan fingerprint density at radius 3 is 2.61 bits per heavy atom. The van der Waals surface area contributed by atoms with Crippen molar-refractivity contribution < 1.29 is 17.9 Å². The Morgan fingerprint density at radius 2 is 1.89 bits per heavy atom. The number of amides is 1. The van der Waals surface area contributed by atoms with Crippen LogP contribution >= 0.6 is 23.2 Å². The van der Waals surface area contributed by atoms with E-state index in [2.05, 4.69) is 10.3 Å². The quantitative estimate of drug-likeness (QED) is 0.152. The molecule has 4 N–H and O–H groups in total. The van der Waals surface area contributed by atoms with Gasteiger partial charge in [0.05, 0.1) is 5.02 Å². The van der Waals surface area contributed by atoms with E-state index in [1.165, 1.54) is 16.4 Å². The van der Waals surface area contributed by atoms with Crippen molar-refractivity contribution in [2.75, 3.05) is 13.1 Å². The fourth-order valence-corrected chi connectivity index (χ4v) is 7.96. The molecular weight excluding hydrogens is 621 g/mol. The van der Waals surface area contributed by atoms with E-state index < -0.39 is 16.1 Å². The first kappa shape index (κ1) is 31.7. The van der Waals surface area contributed by atoms with Gasteiger partial charge in [-0.3, -0.25) is 10.2 Å². The van der Waals surface area contributed by atoms with Crippen LogP contribution in [0.4, 0.5) is 0 Å². The zero-order chi connectivity index (χ0) is 31.6. The van der Waals surface area contributed by atoms with E-state index in [4.69, 9.17) is 39.1 Å². The molecule has 0 saturated carbocycles. The zero-order valence-corrected chi connectivity index (χ0v) is 26.7. The van der Waals surface area contributed by atoms with Crippen LogP contribution in [0.15, 0.2) is 65.6 Å². The van der Waals surface area contributed by atoms with Gasteiger partial charge in [-0.25, -0.2) is 13.4 Å². The molecule has 1 amide bonds. The third-order valence-corrected chi connectivity index (χ3v) is 10.6. The predicted octanol–water partition coefficient (Wildman–Crippen LogP) is 5.53. The molecule has 4 aromatic rings. The number of aryl methyl sites for hydroxylation is 2. The number of aromatic nitrogens is 1. The number of hydrogen-bond acceptors (Lipinski definition) is 6. The van der Waals surface area contributed by atoms with Crippen molar-refractivity contribution in [2.24, 2.45) is 5.73 Å². The lowest BCUT2D eigenvalue weighted by Crippen LogP contribution is -2.46. The fraction of sp³-hybridized carbons (Fsp3) is 0.281. The van der Waals surface area contributed by atoms with E-state index in [1.807, 2.05) is 44.2 Å². The number of carbonyl (C=O) groups is 1. The normalized spacial score (nSPS) is 15.4. The van der Waals surface area contributed by atoms with Gasteiger partial charge in [0.15, 0.2) is 0 Å². The first-order valence-electron chi connectivity index (χ1n) is 14.2. The summed E-state index contributed by atoms with van der Waals surface area (Å²) in [5, 5.41) is 11.5. The molecule has 1 fully saturated rings. The molecule has 0 aliphatic carbocycles. The number of para-hydroxylation sites is 1. The van der Waals surface area contributed by atoms with E-state index in [1.54, 1.807) is 18.2 Å². The summed E-state index contributed by atoms with van der Waals surface area (Å²) in [5.41, 5.74) is 10.0. The molecule has 0 bridgehead atoms. The number of benzene rings is 3. The number of pyridine rings is 1. The topological polar surface area (TPSA) is 138 Å². The molecule has 230 valence electrons. The summed E-state index contributed by atoms with van der Waals surface area (Å²) >= 11 is 13.2. The van der Waals surface area contributed by atoms with Crippen molar-refractivity contribution in [1.29, 1.82) is 5.41 Å². The van der Waals surface area contributed by atoms with Crippen LogP contribution in [-0.4, -0.2) is 48.6 Å². The van der Waals surface area contributed by atoms with Crippen LogP contribution in [-0.2, 0) is 27.8 Å². The van der Waals surface area contributed by atoms with Gasteiger partial charge in [-0.05, 0) is 68.5 Å². The molecule has 3 aromatic carbocycles. The average molecular weight is 655 g/mol. The Kier molecular flexibility index (Phi) is 9.45. The maximum Gasteiger partial charge on any atom is 0.245 e. The molecule has 44 heavy (non-hydrogen) atoms. The Bertz CT molecular complexity index is 1850. The molecule has 0 unspecified atom stereocenters. The highest BCUT2D eigenvalue weighted by Gasteiger charge is 2.40. The summed E-state index contributed by atoms with van der Waals surface area (Å²) in [5.74, 6) is 0.148. The maximum absolute atomic E-state index is 13.9. The molecule has 1 aromatic heterocycles. The largest absolute Gasteiger partial charge is 0.487 e. The van der Waals surface area contributed by atoms with Crippen LogP contribution in [0.25, 0.3) is 10.9 Å². The fourth-order valence-electron chi connectivity index (χ4n) is 5.44. The number of amidine groups is 1. The molecule has 1 aliphatic heterocycles. The van der Waals surface area contributed by atoms with Gasteiger partial charge in [-0.1, -0.05) is 59.6 Å². The molecule has 5 rings (SSSR count). The van der Waals surface area contributed by atoms with Crippen molar-refractivity contribution in [3.63, 3.8) is 0 Å². The molecule has 0 spiro atoms. The van der Waals surface area contributed by atoms with Gasteiger partial charge in [0.2, 0.25) is 15.9 Å². The molecule has 1 aliphatic rings. The van der Waals surface area contributed by atoms with Crippen molar-refractivity contribution in [3.8, 4) is 5.75 Å². The number of nitrogens with one attached hydrogen (secondary N) is 2.